The average Bonchev–Trinajstić information content (AvgIpc) is 3.46. The van der Waals surface area contributed by atoms with E-state index in [2.05, 4.69) is 20.9 Å². The van der Waals surface area contributed by atoms with Gasteiger partial charge in [0.05, 0.1) is 16.3 Å². The highest BCUT2D eigenvalue weighted by Crippen LogP contribution is 2.28. The smallest absolute Gasteiger partial charge is 0.308 e. The largest absolute Gasteiger partial charge is 0.323 e. The molecule has 0 bridgehead atoms. The molecule has 0 aliphatic rings. The van der Waals surface area contributed by atoms with Crippen LogP contribution in [0, 0.1) is 0 Å². The monoisotopic (exact) mass is 466 g/mol. The standard InChI is InChI=1S/C22H18N4O2S3/c27-20(26-22-25-18(13-31-22)19-7-4-12-29-19)14-30-17-10-8-16(9-11-17)24-21(28)23-15-5-2-1-3-6-15/h1-13H,14H2,(H2,23,24,28)(H,25,26,27). The van der Waals surface area contributed by atoms with Crippen molar-refractivity contribution in [3.05, 3.63) is 77.5 Å². The van der Waals surface area contributed by atoms with Gasteiger partial charge in [0.2, 0.25) is 5.91 Å². The molecule has 0 spiro atoms. The fraction of sp³-hybridized carbons (Fsp3) is 0.0455. The summed E-state index contributed by atoms with van der Waals surface area (Å²) in [6.07, 6.45) is 0. The molecule has 156 valence electrons. The van der Waals surface area contributed by atoms with Gasteiger partial charge in [-0.25, -0.2) is 9.78 Å². The normalized spacial score (nSPS) is 10.5. The van der Waals surface area contributed by atoms with Gasteiger partial charge in [0, 0.05) is 21.7 Å². The highest BCUT2D eigenvalue weighted by Gasteiger charge is 2.09. The van der Waals surface area contributed by atoms with Gasteiger partial charge in [-0.3, -0.25) is 4.79 Å². The molecule has 3 N–H and O–H groups in total. The molecule has 0 unspecified atom stereocenters. The van der Waals surface area contributed by atoms with Gasteiger partial charge in [-0.15, -0.1) is 34.4 Å². The first-order chi connectivity index (χ1) is 15.2. The number of thiophene rings is 1. The summed E-state index contributed by atoms with van der Waals surface area (Å²) in [5, 5.41) is 12.9. The predicted molar refractivity (Wildman–Crippen MR) is 130 cm³/mol. The Morgan fingerprint density at radius 1 is 0.839 bits per heavy atom. The van der Waals surface area contributed by atoms with Gasteiger partial charge < -0.3 is 16.0 Å². The van der Waals surface area contributed by atoms with E-state index in [0.717, 1.165) is 21.2 Å². The molecule has 0 saturated heterocycles. The number of nitrogens with zero attached hydrogens (tertiary/aromatic N) is 1. The zero-order valence-corrected chi connectivity index (χ0v) is 18.7. The van der Waals surface area contributed by atoms with Gasteiger partial charge in [0.1, 0.15) is 0 Å². The van der Waals surface area contributed by atoms with Crippen molar-refractivity contribution >= 4 is 62.9 Å². The van der Waals surface area contributed by atoms with E-state index in [1.54, 1.807) is 23.5 Å². The summed E-state index contributed by atoms with van der Waals surface area (Å²) in [5.74, 6) is 0.163. The lowest BCUT2D eigenvalue weighted by atomic mass is 10.3. The number of carbonyl (C=O) groups excluding carboxylic acids is 2. The number of anilines is 3. The molecule has 0 atom stereocenters. The molecule has 2 aromatic heterocycles. The first-order valence-electron chi connectivity index (χ1n) is 9.31. The van der Waals surface area contributed by atoms with E-state index in [0.29, 0.717) is 10.8 Å². The Hall–Kier alpha value is -3.14. The third-order valence-corrected chi connectivity index (χ3v) is 6.70. The highest BCUT2D eigenvalue weighted by molar-refractivity contribution is 8.00. The van der Waals surface area contributed by atoms with Crippen molar-refractivity contribution in [2.75, 3.05) is 21.7 Å². The molecule has 31 heavy (non-hydrogen) atoms. The minimum Gasteiger partial charge on any atom is -0.308 e. The van der Waals surface area contributed by atoms with E-state index in [1.165, 1.54) is 23.1 Å². The lowest BCUT2D eigenvalue weighted by Crippen LogP contribution is -2.19. The van der Waals surface area contributed by atoms with Crippen molar-refractivity contribution in [1.82, 2.24) is 4.98 Å². The summed E-state index contributed by atoms with van der Waals surface area (Å²) >= 11 is 4.45. The second-order valence-corrected chi connectivity index (χ2v) is 9.18. The summed E-state index contributed by atoms with van der Waals surface area (Å²) < 4.78 is 0. The van der Waals surface area contributed by atoms with E-state index in [-0.39, 0.29) is 17.7 Å². The van der Waals surface area contributed by atoms with Crippen LogP contribution in [0.2, 0.25) is 0 Å². The molecular weight excluding hydrogens is 448 g/mol. The van der Waals surface area contributed by atoms with Gasteiger partial charge >= 0.3 is 6.03 Å². The van der Waals surface area contributed by atoms with Crippen molar-refractivity contribution in [3.8, 4) is 10.6 Å². The van der Waals surface area contributed by atoms with Crippen molar-refractivity contribution in [2.24, 2.45) is 0 Å². The molecule has 4 rings (SSSR count). The van der Waals surface area contributed by atoms with Crippen molar-refractivity contribution in [1.29, 1.82) is 0 Å². The molecule has 0 aliphatic carbocycles. The van der Waals surface area contributed by atoms with Crippen LogP contribution in [-0.4, -0.2) is 22.7 Å². The van der Waals surface area contributed by atoms with Gasteiger partial charge in [-0.1, -0.05) is 24.3 Å². The summed E-state index contributed by atoms with van der Waals surface area (Å²) in [5.41, 5.74) is 2.27. The van der Waals surface area contributed by atoms with E-state index >= 15 is 0 Å². The zero-order chi connectivity index (χ0) is 21.5. The van der Waals surface area contributed by atoms with Gasteiger partial charge in [0.25, 0.3) is 0 Å². The number of urea groups is 1. The molecular formula is C22H18N4O2S3. The summed E-state index contributed by atoms with van der Waals surface area (Å²) in [6.45, 7) is 0. The SMILES string of the molecule is O=C(CSc1ccc(NC(=O)Nc2ccccc2)cc1)Nc1nc(-c2cccs2)cs1. The first kappa shape index (κ1) is 21.1. The minimum absolute atomic E-state index is 0.110. The molecule has 3 amide bonds. The maximum atomic E-state index is 12.2. The number of aromatic nitrogens is 1. The van der Waals surface area contributed by atoms with Crippen LogP contribution >= 0.6 is 34.4 Å². The number of hydrogen-bond donors (Lipinski definition) is 3. The van der Waals surface area contributed by atoms with Gasteiger partial charge in [-0.2, -0.15) is 0 Å². The Labute approximate surface area is 191 Å². The third kappa shape index (κ3) is 6.17. The zero-order valence-electron chi connectivity index (χ0n) is 16.2. The van der Waals surface area contributed by atoms with E-state index < -0.39 is 0 Å². The van der Waals surface area contributed by atoms with Gasteiger partial charge in [-0.05, 0) is 47.8 Å². The third-order valence-electron chi connectivity index (χ3n) is 4.04. The second kappa shape index (κ2) is 10.3. The number of rotatable bonds is 7. The van der Waals surface area contributed by atoms with Crippen LogP contribution in [0.4, 0.5) is 21.3 Å². The first-order valence-corrected chi connectivity index (χ1v) is 12.1. The van der Waals surface area contributed by atoms with Crippen LogP contribution < -0.4 is 16.0 Å². The molecule has 0 aliphatic heterocycles. The van der Waals surface area contributed by atoms with Crippen LogP contribution in [0.25, 0.3) is 10.6 Å². The Kier molecular flexibility index (Phi) is 6.98. The Morgan fingerprint density at radius 3 is 2.29 bits per heavy atom. The van der Waals surface area contributed by atoms with E-state index in [1.807, 2.05) is 65.4 Å². The maximum Gasteiger partial charge on any atom is 0.323 e. The van der Waals surface area contributed by atoms with E-state index in [4.69, 9.17) is 0 Å². The van der Waals surface area contributed by atoms with Gasteiger partial charge in [0.15, 0.2) is 5.13 Å². The average molecular weight is 467 g/mol. The maximum absolute atomic E-state index is 12.2. The highest BCUT2D eigenvalue weighted by atomic mass is 32.2. The number of thiazole rings is 1. The Morgan fingerprint density at radius 2 is 1.58 bits per heavy atom. The summed E-state index contributed by atoms with van der Waals surface area (Å²) in [4.78, 5) is 30.8. The van der Waals surface area contributed by atoms with Crippen molar-refractivity contribution in [2.45, 2.75) is 4.90 Å². The lowest BCUT2D eigenvalue weighted by Gasteiger charge is -2.08. The molecule has 0 saturated carbocycles. The van der Waals surface area contributed by atoms with Crippen LogP contribution in [-0.2, 0) is 4.79 Å². The minimum atomic E-state index is -0.309. The molecule has 4 aromatic rings. The number of thioether (sulfide) groups is 1. The quantitative estimate of drug-likeness (QED) is 0.281. The van der Waals surface area contributed by atoms with Crippen LogP contribution in [0.3, 0.4) is 0 Å². The summed E-state index contributed by atoms with van der Waals surface area (Å²) in [6, 6.07) is 20.3. The number of benzene rings is 2. The molecule has 0 fully saturated rings. The number of amides is 3. The van der Waals surface area contributed by atoms with Crippen molar-refractivity contribution < 1.29 is 9.59 Å². The van der Waals surface area contributed by atoms with E-state index in [9.17, 15) is 9.59 Å². The van der Waals surface area contributed by atoms with Crippen LogP contribution in [0.15, 0.2) is 82.4 Å². The Bertz CT molecular complexity index is 1140. The molecule has 0 radical (unpaired) electrons. The van der Waals surface area contributed by atoms with Crippen LogP contribution in [0.5, 0.6) is 0 Å². The fourth-order valence-corrected chi connectivity index (χ4v) is 4.81. The second-order valence-electron chi connectivity index (χ2n) is 6.32. The number of hydrogen-bond acceptors (Lipinski definition) is 6. The molecule has 2 aromatic carbocycles. The molecule has 6 nitrogen and oxygen atoms in total. The lowest BCUT2D eigenvalue weighted by molar-refractivity contribution is -0.113. The number of carbonyl (C=O) groups is 2. The number of para-hydroxylation sites is 1. The fourth-order valence-electron chi connectivity index (χ4n) is 2.62. The summed E-state index contributed by atoms with van der Waals surface area (Å²) in [7, 11) is 0. The molecule has 9 heteroatoms. The number of nitrogens with one attached hydrogen (secondary N) is 3. The topological polar surface area (TPSA) is 83.1 Å². The Balaban J connectivity index is 1.23. The predicted octanol–water partition coefficient (Wildman–Crippen LogP) is 6.25. The van der Waals surface area contributed by atoms with Crippen molar-refractivity contribution in [3.63, 3.8) is 0 Å². The molecule has 2 heterocycles. The van der Waals surface area contributed by atoms with Crippen LogP contribution in [0.1, 0.15) is 0 Å².